The molecular weight excluding hydrogens is 649 g/mol. The zero-order valence-electron chi connectivity index (χ0n) is 28.8. The highest BCUT2D eigenvalue weighted by Gasteiger charge is 2.16. The number of carbonyl (C=O) groups excluding carboxylic acids is 4. The van der Waals surface area contributed by atoms with Crippen LogP contribution in [-0.2, 0) is 41.7 Å². The molecule has 0 fully saturated rings. The molecule has 0 unspecified atom stereocenters. The third-order valence-electron chi connectivity index (χ3n) is 7.89. The molecule has 0 N–H and O–H groups in total. The van der Waals surface area contributed by atoms with Crippen LogP contribution in [0.25, 0.3) is 20.4 Å². The molecule has 10 nitrogen and oxygen atoms in total. The van der Waals surface area contributed by atoms with Crippen LogP contribution in [0.4, 0.5) is 0 Å². The van der Waals surface area contributed by atoms with Gasteiger partial charge in [-0.05, 0) is 88.8 Å². The number of amides is 2. The Morgan fingerprint density at radius 1 is 0.604 bits per heavy atom. The number of nitrogens with zero attached hydrogens (tertiary/aromatic N) is 4. The number of rotatable bonds is 15. The van der Waals surface area contributed by atoms with Crippen LogP contribution in [-0.4, -0.2) is 46.1 Å². The van der Waals surface area contributed by atoms with Gasteiger partial charge >= 0.3 is 11.9 Å². The largest absolute Gasteiger partial charge is 0.465 e. The van der Waals surface area contributed by atoms with Crippen molar-refractivity contribution in [2.24, 2.45) is 9.98 Å². The van der Waals surface area contributed by atoms with Gasteiger partial charge in [-0.3, -0.25) is 19.2 Å². The Kier molecular flexibility index (Phi) is 13.5. The second kappa shape index (κ2) is 17.5. The Morgan fingerprint density at radius 3 is 1.35 bits per heavy atom. The lowest BCUT2D eigenvalue weighted by Gasteiger charge is -2.06. The second-order valence-electron chi connectivity index (χ2n) is 12.0. The molecule has 4 aromatic rings. The fourth-order valence-electron chi connectivity index (χ4n) is 5.76. The monoisotopic (exact) mass is 694 g/mol. The minimum atomic E-state index is -0.358. The number of aromatic nitrogens is 2. The van der Waals surface area contributed by atoms with Crippen LogP contribution in [0.5, 0.6) is 0 Å². The van der Waals surface area contributed by atoms with Crippen molar-refractivity contribution in [3.8, 4) is 0 Å². The standard InChI is InChI=1S/C36H46N4O6S2/c1-7-45-31(43)21-39-27-19-23(3)17-25(5)33(27)47-35(39)37-29(41)15-13-11-9-10-12-14-16-30(42)38-36-40(22-32(44)46-8-2)28-20-24(4)18-26(6)34(28)48-36/h17-20H,7-16,21-22H2,1-6H3. The van der Waals surface area contributed by atoms with E-state index in [9.17, 15) is 19.2 Å². The number of aryl methyl sites for hydroxylation is 4. The molecule has 2 aromatic heterocycles. The Balaban J connectivity index is 1.27. The zero-order valence-corrected chi connectivity index (χ0v) is 30.5. The minimum Gasteiger partial charge on any atom is -0.465 e. The van der Waals surface area contributed by atoms with Crippen LogP contribution in [0, 0.1) is 27.7 Å². The Hall–Kier alpha value is -3.90. The van der Waals surface area contributed by atoms with Crippen LogP contribution in [0.3, 0.4) is 0 Å². The number of ether oxygens (including phenoxy) is 2. The number of hydrogen-bond acceptors (Lipinski definition) is 8. The molecule has 2 aromatic carbocycles. The summed E-state index contributed by atoms with van der Waals surface area (Å²) in [6.07, 6.45) is 5.81. The first-order chi connectivity index (χ1) is 23.0. The van der Waals surface area contributed by atoms with Crippen molar-refractivity contribution in [3.63, 3.8) is 0 Å². The van der Waals surface area contributed by atoms with Crippen LogP contribution in [0.2, 0.25) is 0 Å². The first kappa shape index (κ1) is 36.9. The highest BCUT2D eigenvalue weighted by atomic mass is 32.1. The molecule has 0 radical (unpaired) electrons. The molecule has 2 heterocycles. The number of benzene rings is 2. The van der Waals surface area contributed by atoms with E-state index < -0.39 is 0 Å². The van der Waals surface area contributed by atoms with E-state index >= 15 is 0 Å². The maximum absolute atomic E-state index is 12.8. The van der Waals surface area contributed by atoms with Gasteiger partial charge in [-0.15, -0.1) is 0 Å². The summed E-state index contributed by atoms with van der Waals surface area (Å²) in [7, 11) is 0. The van der Waals surface area contributed by atoms with Gasteiger partial charge in [0.25, 0.3) is 0 Å². The second-order valence-corrected chi connectivity index (χ2v) is 14.0. The molecule has 0 saturated heterocycles. The quantitative estimate of drug-likeness (QED) is 0.100. The molecule has 48 heavy (non-hydrogen) atoms. The average Bonchev–Trinajstić information content (AvgIpc) is 3.52. The molecule has 2 amide bonds. The third-order valence-corrected chi connectivity index (χ3v) is 10.3. The molecule has 0 atom stereocenters. The molecule has 0 bridgehead atoms. The van der Waals surface area contributed by atoms with Crippen molar-refractivity contribution in [2.45, 2.75) is 106 Å². The Labute approximate surface area is 289 Å². The lowest BCUT2D eigenvalue weighted by atomic mass is 10.1. The van der Waals surface area contributed by atoms with Gasteiger partial charge in [0.05, 0.1) is 33.6 Å². The van der Waals surface area contributed by atoms with E-state index in [0.717, 1.165) is 81.2 Å². The predicted octanol–water partition coefficient (Wildman–Crippen LogP) is 6.75. The smallest absolute Gasteiger partial charge is 0.326 e. The summed E-state index contributed by atoms with van der Waals surface area (Å²) in [5, 5.41) is 0. The summed E-state index contributed by atoms with van der Waals surface area (Å²) in [4.78, 5) is 60.1. The maximum Gasteiger partial charge on any atom is 0.326 e. The number of hydrogen-bond donors (Lipinski definition) is 0. The fraction of sp³-hybridized carbons (Fsp3) is 0.500. The number of thiazole rings is 2. The molecule has 12 heteroatoms. The van der Waals surface area contributed by atoms with E-state index in [-0.39, 0.29) is 36.8 Å². The lowest BCUT2D eigenvalue weighted by Crippen LogP contribution is -2.23. The normalized spacial score (nSPS) is 12.3. The van der Waals surface area contributed by atoms with Crippen LogP contribution in [0.15, 0.2) is 34.3 Å². The summed E-state index contributed by atoms with van der Waals surface area (Å²) < 4.78 is 15.9. The summed E-state index contributed by atoms with van der Waals surface area (Å²) in [6, 6.07) is 8.19. The Bertz CT molecular complexity index is 1810. The van der Waals surface area contributed by atoms with Gasteiger partial charge in [-0.1, -0.05) is 60.5 Å². The van der Waals surface area contributed by atoms with Crippen molar-refractivity contribution < 1.29 is 28.7 Å². The maximum atomic E-state index is 12.8. The van der Waals surface area contributed by atoms with Crippen LogP contribution < -0.4 is 9.60 Å². The average molecular weight is 695 g/mol. The topological polar surface area (TPSA) is 121 Å². The lowest BCUT2D eigenvalue weighted by molar-refractivity contribution is -0.144. The van der Waals surface area contributed by atoms with E-state index in [1.165, 1.54) is 22.7 Å². The molecule has 0 spiro atoms. The molecular formula is C36H46N4O6S2. The first-order valence-electron chi connectivity index (χ1n) is 16.7. The SMILES string of the molecule is CCOC(=O)Cn1c(=NC(=O)CCCCCCCCC(=O)N=c2sc3c(C)cc(C)cc3n2CC(=O)OCC)sc2c(C)cc(C)cc21. The Morgan fingerprint density at radius 2 is 0.979 bits per heavy atom. The van der Waals surface area contributed by atoms with Gasteiger partial charge in [0.15, 0.2) is 9.60 Å². The highest BCUT2D eigenvalue weighted by molar-refractivity contribution is 7.17. The summed E-state index contributed by atoms with van der Waals surface area (Å²) in [6.45, 7) is 12.2. The summed E-state index contributed by atoms with van der Waals surface area (Å²) in [5.41, 5.74) is 6.08. The van der Waals surface area contributed by atoms with E-state index in [1.54, 1.807) is 23.0 Å². The molecule has 0 aliphatic heterocycles. The van der Waals surface area contributed by atoms with Gasteiger partial charge in [-0.2, -0.15) is 9.98 Å². The summed E-state index contributed by atoms with van der Waals surface area (Å²) in [5.74, 6) is -1.12. The van der Waals surface area contributed by atoms with Crippen LogP contribution >= 0.6 is 22.7 Å². The highest BCUT2D eigenvalue weighted by Crippen LogP contribution is 2.25. The predicted molar refractivity (Wildman–Crippen MR) is 190 cm³/mol. The van der Waals surface area contributed by atoms with E-state index in [4.69, 9.17) is 9.47 Å². The molecule has 4 rings (SSSR count). The van der Waals surface area contributed by atoms with Gasteiger partial charge in [0.2, 0.25) is 11.8 Å². The van der Waals surface area contributed by atoms with Crippen LogP contribution in [0.1, 0.15) is 87.5 Å². The van der Waals surface area contributed by atoms with Gasteiger partial charge in [-0.25, -0.2) is 0 Å². The van der Waals surface area contributed by atoms with Crippen molar-refractivity contribution in [2.75, 3.05) is 13.2 Å². The number of unbranched alkanes of at least 4 members (excludes halogenated alkanes) is 5. The van der Waals surface area contributed by atoms with E-state index in [1.807, 2.05) is 39.8 Å². The van der Waals surface area contributed by atoms with Crippen molar-refractivity contribution in [1.29, 1.82) is 0 Å². The zero-order chi connectivity index (χ0) is 34.8. The first-order valence-corrected chi connectivity index (χ1v) is 18.3. The van der Waals surface area contributed by atoms with Crippen molar-refractivity contribution in [3.05, 3.63) is 56.1 Å². The minimum absolute atomic E-state index is 0.00960. The molecule has 0 saturated carbocycles. The molecule has 258 valence electrons. The molecule has 0 aliphatic rings. The third kappa shape index (κ3) is 9.82. The number of fused-ring (bicyclic) bond motifs is 2. The van der Waals surface area contributed by atoms with Gasteiger partial charge < -0.3 is 18.6 Å². The fourth-order valence-corrected chi connectivity index (χ4v) is 7.95. The van der Waals surface area contributed by atoms with E-state index in [0.29, 0.717) is 35.7 Å². The summed E-state index contributed by atoms with van der Waals surface area (Å²) >= 11 is 2.84. The van der Waals surface area contributed by atoms with Crippen molar-refractivity contribution in [1.82, 2.24) is 9.13 Å². The van der Waals surface area contributed by atoms with Gasteiger partial charge in [0.1, 0.15) is 13.1 Å². The van der Waals surface area contributed by atoms with E-state index in [2.05, 4.69) is 22.1 Å². The molecule has 0 aliphatic carbocycles. The van der Waals surface area contributed by atoms with Crippen molar-refractivity contribution >= 4 is 66.9 Å². The van der Waals surface area contributed by atoms with Gasteiger partial charge in [0, 0.05) is 12.8 Å². The number of carbonyl (C=O) groups is 4. The number of esters is 2.